The van der Waals surface area contributed by atoms with Gasteiger partial charge < -0.3 is 5.73 Å². The Hall–Kier alpha value is -1.07. The van der Waals surface area contributed by atoms with Crippen LogP contribution in [0.4, 0.5) is 0 Å². The van der Waals surface area contributed by atoms with E-state index < -0.39 is 0 Å². The summed E-state index contributed by atoms with van der Waals surface area (Å²) in [5.41, 5.74) is 6.58. The van der Waals surface area contributed by atoms with Gasteiger partial charge in [-0.05, 0) is 25.3 Å². The molecule has 0 saturated heterocycles. The Morgan fingerprint density at radius 3 is 3.00 bits per heavy atom. The lowest BCUT2D eigenvalue weighted by molar-refractivity contribution is 0.495. The van der Waals surface area contributed by atoms with Crippen LogP contribution >= 0.6 is 11.3 Å². The molecule has 2 heterocycles. The van der Waals surface area contributed by atoms with E-state index in [-0.39, 0.29) is 0 Å². The first-order valence-corrected chi connectivity index (χ1v) is 6.47. The summed E-state index contributed by atoms with van der Waals surface area (Å²) >= 11 is 1.67. The molecule has 0 bridgehead atoms. The third kappa shape index (κ3) is 1.60. The number of hydrogen-bond donors (Lipinski definition) is 1. The van der Waals surface area contributed by atoms with Crippen LogP contribution in [0, 0.1) is 5.92 Å². The van der Waals surface area contributed by atoms with E-state index in [2.05, 4.69) is 15.0 Å². The Bertz CT molecular complexity index is 462. The van der Waals surface area contributed by atoms with Gasteiger partial charge in [-0.2, -0.15) is 0 Å². The molecule has 2 unspecified atom stereocenters. The first kappa shape index (κ1) is 10.1. The molecular weight excluding hydrogens is 220 g/mol. The number of hydrogen-bond acceptors (Lipinski definition) is 5. The van der Waals surface area contributed by atoms with Gasteiger partial charge in [0.2, 0.25) is 0 Å². The lowest BCUT2D eigenvalue weighted by atomic mass is 9.97. The van der Waals surface area contributed by atoms with Crippen molar-refractivity contribution in [3.8, 4) is 0 Å². The van der Waals surface area contributed by atoms with Crippen molar-refractivity contribution < 1.29 is 0 Å². The van der Waals surface area contributed by atoms with Crippen LogP contribution in [0.1, 0.15) is 30.2 Å². The molecule has 1 fully saturated rings. The van der Waals surface area contributed by atoms with Crippen LogP contribution in [-0.4, -0.2) is 21.5 Å². The highest BCUT2D eigenvalue weighted by molar-refractivity contribution is 7.18. The van der Waals surface area contributed by atoms with E-state index in [4.69, 9.17) is 5.73 Å². The van der Waals surface area contributed by atoms with Crippen molar-refractivity contribution in [2.24, 2.45) is 11.7 Å². The van der Waals surface area contributed by atoms with Crippen LogP contribution in [0.25, 0.3) is 10.5 Å². The first-order valence-electron chi connectivity index (χ1n) is 5.66. The maximum absolute atomic E-state index is 5.80. The third-order valence-corrected chi connectivity index (χ3v) is 4.43. The number of nitrogens with two attached hydrogens (primary N) is 1. The molecule has 2 aromatic rings. The summed E-state index contributed by atoms with van der Waals surface area (Å²) in [5, 5.41) is 1.18. The zero-order chi connectivity index (χ0) is 11.0. The number of aromatic nitrogens is 3. The van der Waals surface area contributed by atoms with Crippen LogP contribution < -0.4 is 5.73 Å². The van der Waals surface area contributed by atoms with Gasteiger partial charge in [0.1, 0.15) is 5.01 Å². The van der Waals surface area contributed by atoms with Crippen LogP contribution in [0.2, 0.25) is 0 Å². The summed E-state index contributed by atoms with van der Waals surface area (Å²) in [6.45, 7) is 0.765. The Labute approximate surface area is 97.9 Å². The van der Waals surface area contributed by atoms with Crippen molar-refractivity contribution >= 4 is 21.8 Å². The van der Waals surface area contributed by atoms with E-state index in [1.54, 1.807) is 23.7 Å². The normalized spacial score (nSPS) is 25.3. The zero-order valence-electron chi connectivity index (χ0n) is 8.97. The number of fused-ring (bicyclic) bond motifs is 1. The standard InChI is InChI=1S/C11H14N4S/c12-6-7-2-1-3-8(7)10-15-9-11(16-10)14-5-4-13-9/h4-5,7-8H,1-3,6,12H2. The third-order valence-electron chi connectivity index (χ3n) is 3.34. The van der Waals surface area contributed by atoms with Gasteiger partial charge in [0, 0.05) is 18.3 Å². The molecule has 84 valence electrons. The van der Waals surface area contributed by atoms with E-state index >= 15 is 0 Å². The molecule has 1 saturated carbocycles. The highest BCUT2D eigenvalue weighted by Gasteiger charge is 2.30. The summed E-state index contributed by atoms with van der Waals surface area (Å²) in [7, 11) is 0. The average Bonchev–Trinajstić information content (AvgIpc) is 2.94. The fourth-order valence-corrected chi connectivity index (χ4v) is 3.59. The van der Waals surface area contributed by atoms with Crippen LogP contribution in [0.15, 0.2) is 12.4 Å². The highest BCUT2D eigenvalue weighted by atomic mass is 32.1. The van der Waals surface area contributed by atoms with Crippen molar-refractivity contribution in [1.29, 1.82) is 0 Å². The van der Waals surface area contributed by atoms with Crippen molar-refractivity contribution in [2.45, 2.75) is 25.2 Å². The van der Waals surface area contributed by atoms with Gasteiger partial charge in [0.15, 0.2) is 10.5 Å². The minimum Gasteiger partial charge on any atom is -0.330 e. The molecule has 1 aliphatic rings. The van der Waals surface area contributed by atoms with Gasteiger partial charge >= 0.3 is 0 Å². The molecule has 4 nitrogen and oxygen atoms in total. The fraction of sp³-hybridized carbons (Fsp3) is 0.545. The molecule has 0 aromatic carbocycles. The SMILES string of the molecule is NCC1CCCC1c1nc2nccnc2s1. The first-order chi connectivity index (χ1) is 7.88. The largest absolute Gasteiger partial charge is 0.330 e. The van der Waals surface area contributed by atoms with Gasteiger partial charge in [-0.1, -0.05) is 17.8 Å². The van der Waals surface area contributed by atoms with E-state index in [1.807, 2.05) is 0 Å². The van der Waals surface area contributed by atoms with Crippen LogP contribution in [0.3, 0.4) is 0 Å². The fourth-order valence-electron chi connectivity index (χ4n) is 2.50. The number of thiazole rings is 1. The number of rotatable bonds is 2. The molecule has 16 heavy (non-hydrogen) atoms. The Morgan fingerprint density at radius 1 is 1.31 bits per heavy atom. The lowest BCUT2D eigenvalue weighted by Gasteiger charge is -2.14. The van der Waals surface area contributed by atoms with Gasteiger partial charge in [-0.3, -0.25) is 0 Å². The monoisotopic (exact) mass is 234 g/mol. The highest BCUT2D eigenvalue weighted by Crippen LogP contribution is 2.41. The molecule has 3 rings (SSSR count). The molecule has 0 spiro atoms. The maximum Gasteiger partial charge on any atom is 0.189 e. The van der Waals surface area contributed by atoms with Crippen LogP contribution in [-0.2, 0) is 0 Å². The summed E-state index contributed by atoms with van der Waals surface area (Å²) in [4.78, 5) is 14.0. The molecular formula is C11H14N4S. The quantitative estimate of drug-likeness (QED) is 0.862. The van der Waals surface area contributed by atoms with Gasteiger partial charge in [0.05, 0.1) is 0 Å². The predicted molar refractivity (Wildman–Crippen MR) is 64.3 cm³/mol. The van der Waals surface area contributed by atoms with E-state index in [0.717, 1.165) is 17.0 Å². The Balaban J connectivity index is 1.99. The van der Waals surface area contributed by atoms with E-state index in [9.17, 15) is 0 Å². The van der Waals surface area contributed by atoms with Crippen molar-refractivity contribution in [1.82, 2.24) is 15.0 Å². The number of nitrogens with zero attached hydrogens (tertiary/aromatic N) is 3. The molecule has 0 aliphatic heterocycles. The average molecular weight is 234 g/mol. The van der Waals surface area contributed by atoms with Gasteiger partial charge in [0.25, 0.3) is 0 Å². The second-order valence-electron chi connectivity index (χ2n) is 4.27. The van der Waals surface area contributed by atoms with Crippen molar-refractivity contribution in [3.05, 3.63) is 17.4 Å². The smallest absolute Gasteiger partial charge is 0.189 e. The molecule has 2 atom stereocenters. The minimum atomic E-state index is 0.533. The topological polar surface area (TPSA) is 64.7 Å². The van der Waals surface area contributed by atoms with Crippen molar-refractivity contribution in [2.75, 3.05) is 6.54 Å². The Morgan fingerprint density at radius 2 is 2.19 bits per heavy atom. The second-order valence-corrected chi connectivity index (χ2v) is 5.28. The van der Waals surface area contributed by atoms with Crippen molar-refractivity contribution in [3.63, 3.8) is 0 Å². The lowest BCUT2D eigenvalue weighted by Crippen LogP contribution is -2.16. The van der Waals surface area contributed by atoms with E-state index in [1.165, 1.54) is 24.3 Å². The molecule has 1 aliphatic carbocycles. The maximum atomic E-state index is 5.80. The Kier molecular flexibility index (Phi) is 2.57. The molecule has 5 heteroatoms. The summed E-state index contributed by atoms with van der Waals surface area (Å²) in [6.07, 6.45) is 7.13. The summed E-state index contributed by atoms with van der Waals surface area (Å²) < 4.78 is 0. The zero-order valence-corrected chi connectivity index (χ0v) is 9.78. The summed E-state index contributed by atoms with van der Waals surface area (Å²) in [5.74, 6) is 1.13. The minimum absolute atomic E-state index is 0.533. The van der Waals surface area contributed by atoms with E-state index in [0.29, 0.717) is 11.8 Å². The molecule has 2 aromatic heterocycles. The van der Waals surface area contributed by atoms with Gasteiger partial charge in [-0.15, -0.1) is 0 Å². The summed E-state index contributed by atoms with van der Waals surface area (Å²) in [6, 6.07) is 0. The second kappa shape index (κ2) is 4.07. The predicted octanol–water partition coefficient (Wildman–Crippen LogP) is 1.93. The van der Waals surface area contributed by atoms with Crippen LogP contribution in [0.5, 0.6) is 0 Å². The van der Waals surface area contributed by atoms with Gasteiger partial charge in [-0.25, -0.2) is 15.0 Å². The molecule has 2 N–H and O–H groups in total. The molecule has 0 amide bonds. The molecule has 0 radical (unpaired) electrons.